The van der Waals surface area contributed by atoms with Crippen molar-refractivity contribution in [2.75, 3.05) is 13.6 Å². The molecule has 0 fully saturated rings. The zero-order valence-corrected chi connectivity index (χ0v) is 8.56. The molecule has 0 saturated carbocycles. The van der Waals surface area contributed by atoms with Crippen LogP contribution in [0, 0.1) is 0 Å². The molecule has 0 saturated heterocycles. The maximum atomic E-state index is 4.39. The van der Waals surface area contributed by atoms with Crippen molar-refractivity contribution in [2.24, 2.45) is 5.10 Å². The predicted octanol–water partition coefficient (Wildman–Crippen LogP) is 2.37. The molecule has 0 aromatic heterocycles. The Balaban J connectivity index is 2.74. The Bertz CT molecular complexity index is 196. The van der Waals surface area contributed by atoms with E-state index in [1.807, 2.05) is 12.1 Å². The van der Waals surface area contributed by atoms with Gasteiger partial charge in [0, 0.05) is 13.6 Å². The van der Waals surface area contributed by atoms with Crippen molar-refractivity contribution >= 4 is 21.6 Å². The molecule has 1 aliphatic heterocycles. The topological polar surface area (TPSA) is 15.6 Å². The highest BCUT2D eigenvalue weighted by atomic mass is 79.9. The molecule has 62 valence electrons. The van der Waals surface area contributed by atoms with Crippen LogP contribution in [0.2, 0.25) is 0 Å². The van der Waals surface area contributed by atoms with Crippen molar-refractivity contribution < 1.29 is 0 Å². The average molecular weight is 217 g/mol. The van der Waals surface area contributed by atoms with Crippen LogP contribution < -0.4 is 0 Å². The Kier molecular flexibility index (Phi) is 3.12. The third-order valence-electron chi connectivity index (χ3n) is 1.66. The summed E-state index contributed by atoms with van der Waals surface area (Å²) in [5, 5.41) is 6.38. The molecule has 0 radical (unpaired) electrons. The summed E-state index contributed by atoms with van der Waals surface area (Å²) in [6, 6.07) is 0. The van der Waals surface area contributed by atoms with Gasteiger partial charge in [-0.05, 0) is 23.4 Å². The van der Waals surface area contributed by atoms with Gasteiger partial charge in [0.05, 0.1) is 5.71 Å². The second-order valence-electron chi connectivity index (χ2n) is 2.67. The molecule has 1 rings (SSSR count). The zero-order valence-electron chi connectivity index (χ0n) is 6.97. The van der Waals surface area contributed by atoms with Gasteiger partial charge in [-0.2, -0.15) is 5.10 Å². The van der Waals surface area contributed by atoms with Gasteiger partial charge in [-0.1, -0.05) is 22.9 Å². The van der Waals surface area contributed by atoms with Crippen molar-refractivity contribution in [1.29, 1.82) is 0 Å². The van der Waals surface area contributed by atoms with Crippen LogP contribution in [0.3, 0.4) is 0 Å². The summed E-state index contributed by atoms with van der Waals surface area (Å²) in [6.45, 7) is 3.12. The van der Waals surface area contributed by atoms with E-state index < -0.39 is 0 Å². The lowest BCUT2D eigenvalue weighted by atomic mass is 10.2. The van der Waals surface area contributed by atoms with Crippen molar-refractivity contribution in [3.05, 3.63) is 10.6 Å². The molecule has 0 amide bonds. The van der Waals surface area contributed by atoms with Crippen LogP contribution in [0.5, 0.6) is 0 Å². The van der Waals surface area contributed by atoms with Crippen LogP contribution in [0.15, 0.2) is 15.7 Å². The number of rotatable bonds is 1. The summed E-state index contributed by atoms with van der Waals surface area (Å²) in [5.41, 5.74) is 1.15. The third kappa shape index (κ3) is 2.66. The van der Waals surface area contributed by atoms with E-state index in [9.17, 15) is 0 Å². The number of hydrazone groups is 1. The minimum absolute atomic E-state index is 0.999. The Morgan fingerprint density at radius 2 is 2.45 bits per heavy atom. The predicted molar refractivity (Wildman–Crippen MR) is 52.0 cm³/mol. The second-order valence-corrected chi connectivity index (χ2v) is 3.69. The first kappa shape index (κ1) is 8.78. The van der Waals surface area contributed by atoms with Gasteiger partial charge in [0.25, 0.3) is 0 Å². The van der Waals surface area contributed by atoms with E-state index in [1.54, 1.807) is 0 Å². The van der Waals surface area contributed by atoms with Crippen LogP contribution in [-0.2, 0) is 0 Å². The fourth-order valence-corrected chi connectivity index (χ4v) is 1.43. The monoisotopic (exact) mass is 216 g/mol. The van der Waals surface area contributed by atoms with Crippen LogP contribution in [0.1, 0.15) is 19.8 Å². The Labute approximate surface area is 76.1 Å². The minimum atomic E-state index is 0.999. The van der Waals surface area contributed by atoms with Crippen molar-refractivity contribution in [1.82, 2.24) is 5.01 Å². The molecule has 3 heteroatoms. The highest BCUT2D eigenvalue weighted by molar-refractivity contribution is 9.11. The molecule has 0 unspecified atom stereocenters. The summed E-state index contributed by atoms with van der Waals surface area (Å²) < 4.78 is 1.25. The van der Waals surface area contributed by atoms with Crippen molar-refractivity contribution in [3.8, 4) is 0 Å². The highest BCUT2D eigenvalue weighted by Crippen LogP contribution is 2.15. The van der Waals surface area contributed by atoms with Gasteiger partial charge < -0.3 is 0 Å². The standard InChI is InChI=1S/C8H13BrN2/c1-3-8-6-7(9)4-5-11(2)10-8/h6H,3-5H2,1-2H3. The van der Waals surface area contributed by atoms with E-state index in [-0.39, 0.29) is 0 Å². The lowest BCUT2D eigenvalue weighted by Crippen LogP contribution is -2.12. The minimum Gasteiger partial charge on any atom is -0.299 e. The molecule has 1 heterocycles. The van der Waals surface area contributed by atoms with Crippen LogP contribution in [0.25, 0.3) is 0 Å². The molecule has 0 spiro atoms. The van der Waals surface area contributed by atoms with Gasteiger partial charge >= 0.3 is 0 Å². The van der Waals surface area contributed by atoms with Gasteiger partial charge in [-0.25, -0.2) is 0 Å². The van der Waals surface area contributed by atoms with Gasteiger partial charge in [0.1, 0.15) is 0 Å². The van der Waals surface area contributed by atoms with Gasteiger partial charge in [0.15, 0.2) is 0 Å². The Hall–Kier alpha value is -0.310. The lowest BCUT2D eigenvalue weighted by Gasteiger charge is -2.10. The summed E-state index contributed by atoms with van der Waals surface area (Å²) in [4.78, 5) is 0. The molecule has 0 aliphatic carbocycles. The smallest absolute Gasteiger partial charge is 0.0610 e. The van der Waals surface area contributed by atoms with Crippen LogP contribution >= 0.6 is 15.9 Å². The Morgan fingerprint density at radius 3 is 3.09 bits per heavy atom. The third-order valence-corrected chi connectivity index (χ3v) is 2.28. The molecule has 0 atom stereocenters. The van der Waals surface area contributed by atoms with Crippen LogP contribution in [-0.4, -0.2) is 24.3 Å². The van der Waals surface area contributed by atoms with E-state index in [2.05, 4.69) is 34.0 Å². The molecular weight excluding hydrogens is 204 g/mol. The summed E-state index contributed by atoms with van der Waals surface area (Å²) in [7, 11) is 2.01. The molecule has 0 bridgehead atoms. The SMILES string of the molecule is CCC1=NN(C)CCC(Br)=C1. The summed E-state index contributed by atoms with van der Waals surface area (Å²) >= 11 is 3.50. The molecular formula is C8H13BrN2. The van der Waals surface area contributed by atoms with E-state index in [0.717, 1.165) is 25.1 Å². The molecule has 0 N–H and O–H groups in total. The van der Waals surface area contributed by atoms with Crippen LogP contribution in [0.4, 0.5) is 0 Å². The fourth-order valence-electron chi connectivity index (χ4n) is 0.992. The molecule has 0 aromatic carbocycles. The second kappa shape index (κ2) is 3.90. The van der Waals surface area contributed by atoms with Crippen molar-refractivity contribution in [2.45, 2.75) is 19.8 Å². The quantitative estimate of drug-likeness (QED) is 0.658. The molecule has 2 nitrogen and oxygen atoms in total. The first-order valence-corrected chi connectivity index (χ1v) is 4.66. The normalized spacial score (nSPS) is 19.0. The number of hydrogen-bond acceptors (Lipinski definition) is 2. The number of halogens is 1. The fraction of sp³-hybridized carbons (Fsp3) is 0.625. The van der Waals surface area contributed by atoms with E-state index in [0.29, 0.717) is 0 Å². The number of allylic oxidation sites excluding steroid dienone is 1. The number of hydrogen-bond donors (Lipinski definition) is 0. The maximum absolute atomic E-state index is 4.39. The highest BCUT2D eigenvalue weighted by Gasteiger charge is 2.04. The molecule has 1 aliphatic rings. The maximum Gasteiger partial charge on any atom is 0.0610 e. The lowest BCUT2D eigenvalue weighted by molar-refractivity contribution is 0.363. The molecule has 0 aromatic rings. The summed E-state index contributed by atoms with van der Waals surface area (Å²) in [5.74, 6) is 0. The van der Waals surface area contributed by atoms with E-state index in [1.165, 1.54) is 4.48 Å². The Morgan fingerprint density at radius 1 is 1.73 bits per heavy atom. The van der Waals surface area contributed by atoms with E-state index in [4.69, 9.17) is 0 Å². The molecule has 11 heavy (non-hydrogen) atoms. The van der Waals surface area contributed by atoms with Gasteiger partial charge in [-0.3, -0.25) is 5.01 Å². The van der Waals surface area contributed by atoms with Gasteiger partial charge in [0.2, 0.25) is 0 Å². The zero-order chi connectivity index (χ0) is 8.27. The largest absolute Gasteiger partial charge is 0.299 e. The van der Waals surface area contributed by atoms with Crippen molar-refractivity contribution in [3.63, 3.8) is 0 Å². The average Bonchev–Trinajstić information content (AvgIpc) is 2.13. The summed E-state index contributed by atoms with van der Waals surface area (Å²) in [6.07, 6.45) is 4.17. The van der Waals surface area contributed by atoms with Gasteiger partial charge in [-0.15, -0.1) is 0 Å². The van der Waals surface area contributed by atoms with E-state index >= 15 is 0 Å². The first-order chi connectivity index (χ1) is 5.22. The first-order valence-electron chi connectivity index (χ1n) is 3.87. The number of nitrogens with zero attached hydrogens (tertiary/aromatic N) is 2.